The first-order chi connectivity index (χ1) is 7.22. The van der Waals surface area contributed by atoms with E-state index in [0.717, 1.165) is 25.8 Å². The molecule has 0 aromatic heterocycles. The zero-order valence-corrected chi connectivity index (χ0v) is 9.57. The molecular weight excluding hydrogens is 186 g/mol. The van der Waals surface area contributed by atoms with E-state index in [1.54, 1.807) is 0 Å². The molecule has 0 aliphatic carbocycles. The molecule has 0 N–H and O–H groups in total. The fourth-order valence-corrected chi connectivity index (χ4v) is 1.53. The lowest BCUT2D eigenvalue weighted by molar-refractivity contribution is -0.108. The Hall–Kier alpha value is -1.15. The first-order valence-corrected chi connectivity index (χ1v) is 5.40. The largest absolute Gasteiger partial charge is 0.303 e. The number of carbonyl (C=O) groups is 1. The average Bonchev–Trinajstić information content (AvgIpc) is 2.22. The van der Waals surface area contributed by atoms with E-state index >= 15 is 0 Å². The van der Waals surface area contributed by atoms with Crippen molar-refractivity contribution >= 4 is 6.29 Å². The van der Waals surface area contributed by atoms with Crippen molar-refractivity contribution < 1.29 is 4.79 Å². The van der Waals surface area contributed by atoms with Crippen LogP contribution in [0.1, 0.15) is 24.0 Å². The molecule has 1 rings (SSSR count). The van der Waals surface area contributed by atoms with Gasteiger partial charge in [0.15, 0.2) is 0 Å². The Balaban J connectivity index is 2.34. The number of hydrogen-bond donors (Lipinski definition) is 0. The molecule has 0 aliphatic heterocycles. The second-order valence-electron chi connectivity index (χ2n) is 4.03. The fraction of sp³-hybridized carbons (Fsp3) is 0.462. The summed E-state index contributed by atoms with van der Waals surface area (Å²) in [6.45, 7) is 4.03. The van der Waals surface area contributed by atoms with Crippen molar-refractivity contribution in [3.05, 3.63) is 35.4 Å². The van der Waals surface area contributed by atoms with Crippen LogP contribution in [0.3, 0.4) is 0 Å². The standard InChI is InChI=1S/C13H19NO/c1-12-5-7-13(8-6-12)11-14(2)9-3-4-10-15/h5-8,10H,3-4,9,11H2,1-2H3. The highest BCUT2D eigenvalue weighted by atomic mass is 16.1. The molecule has 0 aliphatic rings. The molecule has 2 nitrogen and oxygen atoms in total. The lowest BCUT2D eigenvalue weighted by Crippen LogP contribution is -2.19. The monoisotopic (exact) mass is 205 g/mol. The molecule has 1 aromatic rings. The molecule has 0 fully saturated rings. The topological polar surface area (TPSA) is 20.3 Å². The van der Waals surface area contributed by atoms with Crippen molar-refractivity contribution in [2.75, 3.05) is 13.6 Å². The van der Waals surface area contributed by atoms with E-state index in [4.69, 9.17) is 0 Å². The van der Waals surface area contributed by atoms with Crippen LogP contribution in [0.25, 0.3) is 0 Å². The molecule has 82 valence electrons. The summed E-state index contributed by atoms with van der Waals surface area (Å²) >= 11 is 0. The molecule has 0 saturated carbocycles. The lowest BCUT2D eigenvalue weighted by atomic mass is 10.1. The van der Waals surface area contributed by atoms with Crippen LogP contribution in [-0.4, -0.2) is 24.8 Å². The smallest absolute Gasteiger partial charge is 0.120 e. The maximum absolute atomic E-state index is 10.2. The number of aldehydes is 1. The second kappa shape index (κ2) is 6.36. The van der Waals surface area contributed by atoms with Gasteiger partial charge < -0.3 is 9.69 Å². The van der Waals surface area contributed by atoms with Gasteiger partial charge in [-0.1, -0.05) is 29.8 Å². The van der Waals surface area contributed by atoms with Crippen LogP contribution >= 0.6 is 0 Å². The minimum absolute atomic E-state index is 0.665. The van der Waals surface area contributed by atoms with Gasteiger partial charge in [0.1, 0.15) is 6.29 Å². The number of rotatable bonds is 6. The van der Waals surface area contributed by atoms with Crippen molar-refractivity contribution in [2.24, 2.45) is 0 Å². The van der Waals surface area contributed by atoms with Gasteiger partial charge in [-0.2, -0.15) is 0 Å². The molecule has 1 aromatic carbocycles. The molecular formula is C13H19NO. The first kappa shape index (κ1) is 11.9. The zero-order chi connectivity index (χ0) is 11.1. The maximum Gasteiger partial charge on any atom is 0.120 e. The minimum atomic E-state index is 0.665. The number of aryl methyl sites for hydroxylation is 1. The minimum Gasteiger partial charge on any atom is -0.303 e. The number of carbonyl (C=O) groups excluding carboxylic acids is 1. The quantitative estimate of drug-likeness (QED) is 0.525. The van der Waals surface area contributed by atoms with Gasteiger partial charge >= 0.3 is 0 Å². The van der Waals surface area contributed by atoms with Crippen LogP contribution in [0.5, 0.6) is 0 Å². The predicted octanol–water partition coefficient (Wildman–Crippen LogP) is 2.41. The van der Waals surface area contributed by atoms with Crippen LogP contribution in [-0.2, 0) is 11.3 Å². The first-order valence-electron chi connectivity index (χ1n) is 5.40. The lowest BCUT2D eigenvalue weighted by Gasteiger charge is -2.15. The van der Waals surface area contributed by atoms with E-state index in [1.807, 2.05) is 0 Å². The van der Waals surface area contributed by atoms with Gasteiger partial charge in [0, 0.05) is 13.0 Å². The molecule has 0 unspecified atom stereocenters. The van der Waals surface area contributed by atoms with Crippen LogP contribution in [0, 0.1) is 6.92 Å². The van der Waals surface area contributed by atoms with Gasteiger partial charge in [0.25, 0.3) is 0 Å². The summed E-state index contributed by atoms with van der Waals surface area (Å²) in [5.74, 6) is 0. The van der Waals surface area contributed by atoms with Crippen molar-refractivity contribution in [2.45, 2.75) is 26.3 Å². The Morgan fingerprint density at radius 3 is 2.53 bits per heavy atom. The molecule has 2 heteroatoms. The normalized spacial score (nSPS) is 10.6. The summed E-state index contributed by atoms with van der Waals surface area (Å²) in [6, 6.07) is 8.58. The molecule has 0 heterocycles. The highest BCUT2D eigenvalue weighted by Crippen LogP contribution is 2.06. The summed E-state index contributed by atoms with van der Waals surface area (Å²) in [4.78, 5) is 12.4. The van der Waals surface area contributed by atoms with Crippen molar-refractivity contribution in [1.29, 1.82) is 0 Å². The second-order valence-corrected chi connectivity index (χ2v) is 4.03. The summed E-state index contributed by atoms with van der Waals surface area (Å²) in [6.07, 6.45) is 2.60. The Kier molecular flexibility index (Phi) is 5.05. The number of hydrogen-bond acceptors (Lipinski definition) is 2. The van der Waals surface area contributed by atoms with Crippen LogP contribution in [0.4, 0.5) is 0 Å². The van der Waals surface area contributed by atoms with Crippen LogP contribution in [0.2, 0.25) is 0 Å². The third-order valence-electron chi connectivity index (χ3n) is 2.43. The van der Waals surface area contributed by atoms with E-state index < -0.39 is 0 Å². The van der Waals surface area contributed by atoms with Gasteiger partial charge in [-0.25, -0.2) is 0 Å². The highest BCUT2D eigenvalue weighted by molar-refractivity contribution is 5.48. The highest BCUT2D eigenvalue weighted by Gasteiger charge is 1.99. The summed E-state index contributed by atoms with van der Waals surface area (Å²) in [7, 11) is 2.09. The Morgan fingerprint density at radius 1 is 1.27 bits per heavy atom. The van der Waals surface area contributed by atoms with Gasteiger partial charge in [-0.15, -0.1) is 0 Å². The molecule has 0 atom stereocenters. The molecule has 0 amide bonds. The van der Waals surface area contributed by atoms with E-state index in [-0.39, 0.29) is 0 Å². The van der Waals surface area contributed by atoms with E-state index in [0.29, 0.717) is 6.42 Å². The predicted molar refractivity (Wildman–Crippen MR) is 62.8 cm³/mol. The maximum atomic E-state index is 10.2. The average molecular weight is 205 g/mol. The summed E-state index contributed by atoms with van der Waals surface area (Å²) < 4.78 is 0. The summed E-state index contributed by atoms with van der Waals surface area (Å²) in [5.41, 5.74) is 2.62. The zero-order valence-electron chi connectivity index (χ0n) is 9.57. The molecule has 0 bridgehead atoms. The van der Waals surface area contributed by atoms with E-state index in [1.165, 1.54) is 11.1 Å². The third-order valence-corrected chi connectivity index (χ3v) is 2.43. The number of benzene rings is 1. The fourth-order valence-electron chi connectivity index (χ4n) is 1.53. The van der Waals surface area contributed by atoms with Crippen molar-refractivity contribution in [3.8, 4) is 0 Å². The summed E-state index contributed by atoms with van der Waals surface area (Å²) in [5, 5.41) is 0. The third kappa shape index (κ3) is 4.75. The Bertz CT molecular complexity index is 292. The van der Waals surface area contributed by atoms with Gasteiger partial charge in [-0.05, 0) is 32.5 Å². The van der Waals surface area contributed by atoms with Crippen LogP contribution in [0.15, 0.2) is 24.3 Å². The number of nitrogens with zero attached hydrogens (tertiary/aromatic N) is 1. The van der Waals surface area contributed by atoms with Crippen molar-refractivity contribution in [3.63, 3.8) is 0 Å². The van der Waals surface area contributed by atoms with Gasteiger partial charge in [0.05, 0.1) is 0 Å². The Morgan fingerprint density at radius 2 is 1.93 bits per heavy atom. The molecule has 0 spiro atoms. The molecule has 15 heavy (non-hydrogen) atoms. The van der Waals surface area contributed by atoms with Crippen LogP contribution < -0.4 is 0 Å². The van der Waals surface area contributed by atoms with E-state index in [9.17, 15) is 4.79 Å². The van der Waals surface area contributed by atoms with E-state index in [2.05, 4.69) is 43.1 Å². The van der Waals surface area contributed by atoms with Gasteiger partial charge in [0.2, 0.25) is 0 Å². The molecule has 0 radical (unpaired) electrons. The van der Waals surface area contributed by atoms with Crippen molar-refractivity contribution in [1.82, 2.24) is 4.90 Å². The Labute approximate surface area is 91.9 Å². The van der Waals surface area contributed by atoms with Gasteiger partial charge in [-0.3, -0.25) is 0 Å². The SMILES string of the molecule is Cc1ccc(CN(C)CCCC=O)cc1. The number of unbranched alkanes of at least 4 members (excludes halogenated alkanes) is 1. The molecule has 0 saturated heterocycles.